The van der Waals surface area contributed by atoms with Crippen LogP contribution in [0.25, 0.3) is 0 Å². The van der Waals surface area contributed by atoms with E-state index in [0.29, 0.717) is 0 Å². The highest BCUT2D eigenvalue weighted by molar-refractivity contribution is 5.81. The van der Waals surface area contributed by atoms with E-state index in [9.17, 15) is 4.79 Å². The summed E-state index contributed by atoms with van der Waals surface area (Å²) in [5.41, 5.74) is 5.86. The summed E-state index contributed by atoms with van der Waals surface area (Å²) in [5.74, 6) is 2.60. The van der Waals surface area contributed by atoms with Crippen molar-refractivity contribution >= 4 is 5.91 Å². The molecule has 0 aromatic rings. The fourth-order valence-corrected chi connectivity index (χ4v) is 2.67. The second-order valence-electron chi connectivity index (χ2n) is 5.83. The quantitative estimate of drug-likeness (QED) is 0.680. The number of rotatable bonds is 8. The van der Waals surface area contributed by atoms with Gasteiger partial charge in [0, 0.05) is 6.54 Å². The monoisotopic (exact) mass is 238 g/mol. The number of carbonyl (C=O) groups excluding carboxylic acids is 1. The molecule has 0 radical (unpaired) electrons. The molecule has 98 valence electrons. The first kappa shape index (κ1) is 12.9. The Morgan fingerprint density at radius 1 is 1.29 bits per heavy atom. The van der Waals surface area contributed by atoms with Gasteiger partial charge in [0.15, 0.2) is 0 Å². The van der Waals surface area contributed by atoms with Crippen LogP contribution in [0.2, 0.25) is 0 Å². The van der Waals surface area contributed by atoms with Crippen LogP contribution < -0.4 is 11.1 Å². The topological polar surface area (TPSA) is 55.1 Å². The molecule has 3 heteroatoms. The van der Waals surface area contributed by atoms with Crippen molar-refractivity contribution in [2.75, 3.05) is 6.54 Å². The van der Waals surface area contributed by atoms with Gasteiger partial charge >= 0.3 is 0 Å². The molecule has 2 fully saturated rings. The molecule has 3 N–H and O–H groups in total. The molecule has 2 rings (SSSR count). The van der Waals surface area contributed by atoms with E-state index in [1.807, 2.05) is 0 Å². The number of carbonyl (C=O) groups is 1. The van der Waals surface area contributed by atoms with Gasteiger partial charge in [-0.1, -0.05) is 19.8 Å². The predicted molar refractivity (Wildman–Crippen MR) is 69.4 cm³/mol. The van der Waals surface area contributed by atoms with Crippen LogP contribution in [0.3, 0.4) is 0 Å². The first-order valence-corrected chi connectivity index (χ1v) is 7.25. The largest absolute Gasteiger partial charge is 0.354 e. The summed E-state index contributed by atoms with van der Waals surface area (Å²) in [6.07, 6.45) is 8.46. The minimum atomic E-state index is -0.297. The summed E-state index contributed by atoms with van der Waals surface area (Å²) in [6.45, 7) is 2.99. The first-order valence-electron chi connectivity index (χ1n) is 7.25. The zero-order valence-corrected chi connectivity index (χ0v) is 11.0. The van der Waals surface area contributed by atoms with Crippen molar-refractivity contribution in [1.29, 1.82) is 0 Å². The van der Waals surface area contributed by atoms with Crippen molar-refractivity contribution in [2.24, 2.45) is 23.5 Å². The highest BCUT2D eigenvalue weighted by atomic mass is 16.2. The second kappa shape index (κ2) is 5.85. The molecule has 0 aromatic carbocycles. The van der Waals surface area contributed by atoms with Crippen molar-refractivity contribution in [3.63, 3.8) is 0 Å². The lowest BCUT2D eigenvalue weighted by atomic mass is 9.97. The Hall–Kier alpha value is -0.570. The van der Waals surface area contributed by atoms with Gasteiger partial charge in [0.05, 0.1) is 6.04 Å². The first-order chi connectivity index (χ1) is 8.22. The molecule has 2 aliphatic rings. The molecule has 0 saturated heterocycles. The molecule has 0 bridgehead atoms. The molecule has 0 unspecified atom stereocenters. The van der Waals surface area contributed by atoms with Crippen LogP contribution in [-0.2, 0) is 4.79 Å². The smallest absolute Gasteiger partial charge is 0.236 e. The fourth-order valence-electron chi connectivity index (χ4n) is 2.67. The lowest BCUT2D eigenvalue weighted by molar-refractivity contribution is -0.122. The molecular formula is C14H26N2O. The highest BCUT2D eigenvalue weighted by Gasteiger charge is 2.41. The molecule has 0 heterocycles. The van der Waals surface area contributed by atoms with E-state index in [2.05, 4.69) is 12.2 Å². The Morgan fingerprint density at radius 2 is 1.88 bits per heavy atom. The molecule has 0 aliphatic heterocycles. The maximum atomic E-state index is 11.8. The van der Waals surface area contributed by atoms with Gasteiger partial charge in [-0.2, -0.15) is 0 Å². The number of amides is 1. The van der Waals surface area contributed by atoms with Gasteiger partial charge in [0.25, 0.3) is 0 Å². The van der Waals surface area contributed by atoms with Gasteiger partial charge in [-0.05, 0) is 49.9 Å². The van der Waals surface area contributed by atoms with Crippen molar-refractivity contribution in [3.8, 4) is 0 Å². The molecule has 0 aromatic heterocycles. The Kier molecular flexibility index (Phi) is 4.43. The molecule has 3 nitrogen and oxygen atoms in total. The lowest BCUT2D eigenvalue weighted by Gasteiger charge is -2.18. The van der Waals surface area contributed by atoms with Crippen molar-refractivity contribution < 1.29 is 4.79 Å². The third-order valence-electron chi connectivity index (χ3n) is 4.17. The van der Waals surface area contributed by atoms with E-state index in [1.165, 1.54) is 25.7 Å². The SMILES string of the molecule is CCCC[C@H](N)C(=O)NCC(C1CC1)C1CC1. The average molecular weight is 238 g/mol. The number of nitrogens with two attached hydrogens (primary N) is 1. The number of hydrogen-bond acceptors (Lipinski definition) is 2. The average Bonchev–Trinajstić information content (AvgIpc) is 3.15. The molecular weight excluding hydrogens is 212 g/mol. The standard InChI is InChI=1S/C14H26N2O/c1-2-3-4-13(15)14(17)16-9-12(10-5-6-10)11-7-8-11/h10-13H,2-9,15H2,1H3,(H,16,17)/t13-/m0/s1. The van der Waals surface area contributed by atoms with E-state index in [-0.39, 0.29) is 11.9 Å². The zero-order valence-electron chi connectivity index (χ0n) is 11.0. The van der Waals surface area contributed by atoms with Crippen molar-refractivity contribution in [3.05, 3.63) is 0 Å². The number of nitrogens with one attached hydrogen (secondary N) is 1. The van der Waals surface area contributed by atoms with Gasteiger partial charge in [0.2, 0.25) is 5.91 Å². The summed E-state index contributed by atoms with van der Waals surface area (Å²) >= 11 is 0. The summed E-state index contributed by atoms with van der Waals surface area (Å²) in [4.78, 5) is 11.8. The Bertz CT molecular complexity index is 247. The van der Waals surface area contributed by atoms with Crippen molar-refractivity contribution in [2.45, 2.75) is 57.9 Å². The predicted octanol–water partition coefficient (Wildman–Crippen LogP) is 2.06. The minimum absolute atomic E-state index is 0.0600. The van der Waals surface area contributed by atoms with Crippen LogP contribution >= 0.6 is 0 Å². The lowest BCUT2D eigenvalue weighted by Crippen LogP contribution is -2.42. The van der Waals surface area contributed by atoms with Gasteiger partial charge in [0.1, 0.15) is 0 Å². The molecule has 17 heavy (non-hydrogen) atoms. The molecule has 1 atom stereocenters. The van der Waals surface area contributed by atoms with E-state index in [1.54, 1.807) is 0 Å². The van der Waals surface area contributed by atoms with Crippen LogP contribution in [-0.4, -0.2) is 18.5 Å². The van der Waals surface area contributed by atoms with E-state index >= 15 is 0 Å². The maximum Gasteiger partial charge on any atom is 0.236 e. The van der Waals surface area contributed by atoms with Crippen LogP contribution in [0, 0.1) is 17.8 Å². The van der Waals surface area contributed by atoms with E-state index in [4.69, 9.17) is 5.73 Å². The van der Waals surface area contributed by atoms with Crippen LogP contribution in [0.15, 0.2) is 0 Å². The van der Waals surface area contributed by atoms with Crippen LogP contribution in [0.1, 0.15) is 51.9 Å². The normalized spacial score (nSPS) is 21.6. The minimum Gasteiger partial charge on any atom is -0.354 e. The Morgan fingerprint density at radius 3 is 2.35 bits per heavy atom. The third-order valence-corrected chi connectivity index (χ3v) is 4.17. The fraction of sp³-hybridized carbons (Fsp3) is 0.929. The van der Waals surface area contributed by atoms with E-state index < -0.39 is 0 Å². The second-order valence-corrected chi connectivity index (χ2v) is 5.83. The molecule has 2 aliphatic carbocycles. The zero-order chi connectivity index (χ0) is 12.3. The van der Waals surface area contributed by atoms with Gasteiger partial charge in [-0.25, -0.2) is 0 Å². The van der Waals surface area contributed by atoms with Gasteiger partial charge in [-0.3, -0.25) is 4.79 Å². The highest BCUT2D eigenvalue weighted by Crippen LogP contribution is 2.48. The molecule has 0 spiro atoms. The number of unbranched alkanes of at least 4 members (excludes halogenated alkanes) is 1. The summed E-state index contributed by atoms with van der Waals surface area (Å²) in [7, 11) is 0. The summed E-state index contributed by atoms with van der Waals surface area (Å²) in [5, 5.41) is 3.07. The Balaban J connectivity index is 1.67. The maximum absolute atomic E-state index is 11.8. The van der Waals surface area contributed by atoms with Gasteiger partial charge in [-0.15, -0.1) is 0 Å². The molecule has 1 amide bonds. The van der Waals surface area contributed by atoms with Crippen molar-refractivity contribution in [1.82, 2.24) is 5.32 Å². The number of hydrogen-bond donors (Lipinski definition) is 2. The summed E-state index contributed by atoms with van der Waals surface area (Å²) in [6, 6.07) is -0.297. The Labute approximate surface area is 105 Å². The van der Waals surface area contributed by atoms with Crippen LogP contribution in [0.5, 0.6) is 0 Å². The molecule has 2 saturated carbocycles. The van der Waals surface area contributed by atoms with Crippen LogP contribution in [0.4, 0.5) is 0 Å². The van der Waals surface area contributed by atoms with E-state index in [0.717, 1.165) is 43.6 Å². The van der Waals surface area contributed by atoms with Gasteiger partial charge < -0.3 is 11.1 Å². The third kappa shape index (κ3) is 3.98. The summed E-state index contributed by atoms with van der Waals surface area (Å²) < 4.78 is 0.